The topological polar surface area (TPSA) is 0 Å². The van der Waals surface area contributed by atoms with Crippen LogP contribution in [0.15, 0.2) is 78.9 Å². The van der Waals surface area contributed by atoms with Crippen LogP contribution in [0.5, 0.6) is 0 Å². The Morgan fingerprint density at radius 2 is 1.12 bits per heavy atom. The van der Waals surface area contributed by atoms with Crippen LogP contribution >= 0.6 is 0 Å². The molecule has 0 saturated carbocycles. The Morgan fingerprint density at radius 1 is 0.576 bits per heavy atom. The van der Waals surface area contributed by atoms with Crippen molar-refractivity contribution in [2.45, 2.75) is 52.4 Å². The molecular weight excluding hydrogens is 403 g/mol. The van der Waals surface area contributed by atoms with Crippen LogP contribution in [0.25, 0.3) is 10.8 Å². The smallest absolute Gasteiger partial charge is 0.134 e. The monoisotopic (exact) mass is 434 g/mol. The van der Waals surface area contributed by atoms with Crippen LogP contribution in [-0.2, 0) is 25.7 Å². The van der Waals surface area contributed by atoms with Crippen molar-refractivity contribution >= 4 is 10.8 Å². The molecule has 1 heteroatoms. The highest BCUT2D eigenvalue weighted by Crippen LogP contribution is 2.24. The predicted molar refractivity (Wildman–Crippen MR) is 138 cm³/mol. The van der Waals surface area contributed by atoms with Crippen LogP contribution in [0, 0.1) is 17.7 Å². The summed E-state index contributed by atoms with van der Waals surface area (Å²) >= 11 is 0. The molecule has 4 aromatic rings. The van der Waals surface area contributed by atoms with Crippen LogP contribution in [0.1, 0.15) is 60.1 Å². The van der Waals surface area contributed by atoms with Gasteiger partial charge in [-0.1, -0.05) is 93.1 Å². The molecule has 0 saturated heterocycles. The standard InChI is InChI=1S/C32H31F/c1-3-5-24-7-11-26(12-8-24)15-16-28-18-22-31-30(23-28)21-20-29(32(31)33)19-17-27-13-9-25(6-4-2)10-14-27/h7-14,18,20-23H,3-6,17,19H2,1-2H3. The summed E-state index contributed by atoms with van der Waals surface area (Å²) in [6.07, 6.45) is 6.04. The van der Waals surface area contributed by atoms with E-state index in [-0.39, 0.29) is 5.82 Å². The lowest BCUT2D eigenvalue weighted by atomic mass is 9.98. The summed E-state index contributed by atoms with van der Waals surface area (Å²) in [6, 6.07) is 26.9. The van der Waals surface area contributed by atoms with Gasteiger partial charge in [-0.2, -0.15) is 0 Å². The number of hydrogen-bond acceptors (Lipinski definition) is 0. The minimum atomic E-state index is -0.110. The molecule has 0 N–H and O–H groups in total. The minimum absolute atomic E-state index is 0.110. The molecule has 0 heterocycles. The summed E-state index contributed by atoms with van der Waals surface area (Å²) < 4.78 is 15.2. The van der Waals surface area contributed by atoms with Gasteiger partial charge in [-0.15, -0.1) is 0 Å². The highest BCUT2D eigenvalue weighted by molar-refractivity contribution is 5.85. The van der Waals surface area contributed by atoms with E-state index in [4.69, 9.17) is 0 Å². The number of benzene rings is 4. The number of fused-ring (bicyclic) bond motifs is 1. The quantitative estimate of drug-likeness (QED) is 0.258. The fourth-order valence-electron chi connectivity index (χ4n) is 4.24. The van der Waals surface area contributed by atoms with E-state index >= 15 is 4.39 Å². The first-order valence-corrected chi connectivity index (χ1v) is 12.1. The Kier molecular flexibility index (Phi) is 7.59. The van der Waals surface area contributed by atoms with Gasteiger partial charge in [-0.3, -0.25) is 0 Å². The summed E-state index contributed by atoms with van der Waals surface area (Å²) in [5.41, 5.74) is 6.63. The van der Waals surface area contributed by atoms with E-state index in [9.17, 15) is 0 Å². The highest BCUT2D eigenvalue weighted by Gasteiger charge is 2.08. The molecule has 0 aliphatic heterocycles. The Morgan fingerprint density at radius 3 is 1.76 bits per heavy atom. The SMILES string of the molecule is CCCc1ccc(C#Cc2ccc3c(F)c(CCc4ccc(CCC)cc4)ccc3c2)cc1. The van der Waals surface area contributed by atoms with Crippen molar-refractivity contribution in [1.82, 2.24) is 0 Å². The first kappa shape index (κ1) is 22.8. The van der Waals surface area contributed by atoms with Gasteiger partial charge in [0.25, 0.3) is 0 Å². The van der Waals surface area contributed by atoms with E-state index in [0.717, 1.165) is 54.2 Å². The van der Waals surface area contributed by atoms with Gasteiger partial charge < -0.3 is 0 Å². The Hall–Kier alpha value is -3.37. The van der Waals surface area contributed by atoms with E-state index in [1.165, 1.54) is 16.7 Å². The molecule has 0 aromatic heterocycles. The number of hydrogen-bond donors (Lipinski definition) is 0. The van der Waals surface area contributed by atoms with Gasteiger partial charge in [0.2, 0.25) is 0 Å². The van der Waals surface area contributed by atoms with E-state index in [0.29, 0.717) is 11.8 Å². The molecular formula is C32H31F. The number of rotatable bonds is 7. The molecule has 4 aromatic carbocycles. The van der Waals surface area contributed by atoms with Gasteiger partial charge >= 0.3 is 0 Å². The summed E-state index contributed by atoms with van der Waals surface area (Å²) in [4.78, 5) is 0. The van der Waals surface area contributed by atoms with Crippen molar-refractivity contribution in [2.75, 3.05) is 0 Å². The van der Waals surface area contributed by atoms with Crippen molar-refractivity contribution < 1.29 is 4.39 Å². The average Bonchev–Trinajstić information content (AvgIpc) is 2.84. The lowest BCUT2D eigenvalue weighted by Gasteiger charge is -2.08. The van der Waals surface area contributed by atoms with E-state index in [1.807, 2.05) is 30.3 Å². The van der Waals surface area contributed by atoms with Gasteiger partial charge in [0.15, 0.2) is 0 Å². The Balaban J connectivity index is 1.47. The molecule has 0 nitrogen and oxygen atoms in total. The van der Waals surface area contributed by atoms with Crippen LogP contribution in [0.3, 0.4) is 0 Å². The zero-order chi connectivity index (χ0) is 23.0. The molecule has 0 aliphatic carbocycles. The third-order valence-corrected chi connectivity index (χ3v) is 6.12. The Labute approximate surface area is 197 Å². The van der Waals surface area contributed by atoms with Crippen LogP contribution in [0.2, 0.25) is 0 Å². The van der Waals surface area contributed by atoms with E-state index in [2.05, 4.69) is 74.2 Å². The highest BCUT2D eigenvalue weighted by atomic mass is 19.1. The fourth-order valence-corrected chi connectivity index (χ4v) is 4.24. The Bertz CT molecular complexity index is 1270. The zero-order valence-electron chi connectivity index (χ0n) is 19.6. The van der Waals surface area contributed by atoms with E-state index in [1.54, 1.807) is 0 Å². The third kappa shape index (κ3) is 5.91. The molecule has 0 unspecified atom stereocenters. The molecule has 0 bridgehead atoms. The number of halogens is 1. The maximum atomic E-state index is 15.2. The maximum absolute atomic E-state index is 15.2. The van der Waals surface area contributed by atoms with Gasteiger partial charge in [-0.25, -0.2) is 4.39 Å². The van der Waals surface area contributed by atoms with Crippen molar-refractivity contribution in [2.24, 2.45) is 0 Å². The number of aryl methyl sites for hydroxylation is 4. The molecule has 0 aliphatic rings. The van der Waals surface area contributed by atoms with Crippen LogP contribution < -0.4 is 0 Å². The second-order valence-electron chi connectivity index (χ2n) is 8.74. The van der Waals surface area contributed by atoms with E-state index < -0.39 is 0 Å². The third-order valence-electron chi connectivity index (χ3n) is 6.12. The molecule has 4 rings (SSSR count). The molecule has 33 heavy (non-hydrogen) atoms. The van der Waals surface area contributed by atoms with Crippen molar-refractivity contribution in [1.29, 1.82) is 0 Å². The summed E-state index contributed by atoms with van der Waals surface area (Å²) in [7, 11) is 0. The zero-order valence-corrected chi connectivity index (χ0v) is 19.6. The summed E-state index contributed by atoms with van der Waals surface area (Å²) in [6.45, 7) is 4.38. The lowest BCUT2D eigenvalue weighted by Crippen LogP contribution is -1.96. The maximum Gasteiger partial charge on any atom is 0.134 e. The van der Waals surface area contributed by atoms with Crippen molar-refractivity contribution in [3.63, 3.8) is 0 Å². The van der Waals surface area contributed by atoms with Crippen LogP contribution in [-0.4, -0.2) is 0 Å². The molecule has 0 radical (unpaired) electrons. The van der Waals surface area contributed by atoms with Crippen molar-refractivity contribution in [3.8, 4) is 11.8 Å². The fraction of sp³-hybridized carbons (Fsp3) is 0.250. The van der Waals surface area contributed by atoms with Gasteiger partial charge in [0.1, 0.15) is 5.82 Å². The first-order chi connectivity index (χ1) is 16.2. The van der Waals surface area contributed by atoms with Crippen molar-refractivity contribution in [3.05, 3.63) is 118 Å². The van der Waals surface area contributed by atoms with Gasteiger partial charge in [0.05, 0.1) is 0 Å². The van der Waals surface area contributed by atoms with Gasteiger partial charge in [-0.05, 0) is 77.6 Å². The molecule has 0 spiro atoms. The van der Waals surface area contributed by atoms with Crippen LogP contribution in [0.4, 0.5) is 4.39 Å². The largest absolute Gasteiger partial charge is 0.206 e. The minimum Gasteiger partial charge on any atom is -0.206 e. The molecule has 166 valence electrons. The summed E-state index contributed by atoms with van der Waals surface area (Å²) in [5.74, 6) is 6.34. The first-order valence-electron chi connectivity index (χ1n) is 12.1. The molecule has 0 amide bonds. The second kappa shape index (κ2) is 11.0. The second-order valence-corrected chi connectivity index (χ2v) is 8.74. The molecule has 0 atom stereocenters. The van der Waals surface area contributed by atoms with Gasteiger partial charge in [0, 0.05) is 16.5 Å². The summed E-state index contributed by atoms with van der Waals surface area (Å²) in [5, 5.41) is 1.56. The lowest BCUT2D eigenvalue weighted by molar-refractivity contribution is 0.620. The molecule has 0 fully saturated rings. The average molecular weight is 435 g/mol. The normalized spacial score (nSPS) is 10.8. The predicted octanol–water partition coefficient (Wildman–Crippen LogP) is 8.07.